The third-order valence-electron chi connectivity index (χ3n) is 8.87. The van der Waals surface area contributed by atoms with E-state index in [0.29, 0.717) is 40.2 Å². The van der Waals surface area contributed by atoms with Crippen LogP contribution in [0.15, 0.2) is 48.6 Å². The zero-order chi connectivity index (χ0) is 24.2. The lowest BCUT2D eigenvalue weighted by Gasteiger charge is -2.37. The molecule has 0 radical (unpaired) electrons. The molecule has 5 nitrogen and oxygen atoms in total. The molecule has 8 rings (SSSR count). The van der Waals surface area contributed by atoms with E-state index in [0.717, 1.165) is 11.3 Å². The molecule has 1 heterocycles. The van der Waals surface area contributed by atoms with Gasteiger partial charge in [-0.1, -0.05) is 29.8 Å². The van der Waals surface area contributed by atoms with E-state index in [-0.39, 0.29) is 58.8 Å². The van der Waals surface area contributed by atoms with Gasteiger partial charge in [0.15, 0.2) is 5.78 Å². The Morgan fingerprint density at radius 2 is 1.69 bits per heavy atom. The Labute approximate surface area is 206 Å². The van der Waals surface area contributed by atoms with Gasteiger partial charge in [0.2, 0.25) is 11.8 Å². The van der Waals surface area contributed by atoms with Crippen LogP contribution in [0.25, 0.3) is 0 Å². The Kier molecular flexibility index (Phi) is 4.42. The summed E-state index contributed by atoms with van der Waals surface area (Å²) in [4.78, 5) is 40.6. The summed E-state index contributed by atoms with van der Waals surface area (Å²) >= 11 is 6.16. The molecule has 5 aliphatic carbocycles. The van der Waals surface area contributed by atoms with Crippen molar-refractivity contribution in [2.24, 2.45) is 41.4 Å². The summed E-state index contributed by atoms with van der Waals surface area (Å²) in [6.07, 6.45) is 5.91. The van der Waals surface area contributed by atoms with Crippen molar-refractivity contribution in [2.45, 2.75) is 18.8 Å². The average molecular weight is 492 g/mol. The van der Waals surface area contributed by atoms with Crippen molar-refractivity contribution in [3.8, 4) is 5.75 Å². The number of allylic oxidation sites excluding steroid dienone is 2. The molecule has 6 aliphatic rings. The molecule has 178 valence electrons. The smallest absolute Gasteiger partial charge is 0.238 e. The molecule has 2 aromatic carbocycles. The molecular weight excluding hydrogens is 469 g/mol. The molecule has 7 heteroatoms. The zero-order valence-electron chi connectivity index (χ0n) is 19.0. The number of rotatable bonds is 5. The van der Waals surface area contributed by atoms with Gasteiger partial charge in [0, 0.05) is 11.5 Å². The fraction of sp³-hybridized carbons (Fsp3) is 0.393. The van der Waals surface area contributed by atoms with Crippen LogP contribution in [0.4, 0.5) is 10.1 Å². The van der Waals surface area contributed by atoms with E-state index in [1.54, 1.807) is 24.3 Å². The van der Waals surface area contributed by atoms with E-state index >= 15 is 4.39 Å². The molecule has 0 aromatic heterocycles. The summed E-state index contributed by atoms with van der Waals surface area (Å²) in [5, 5.41) is 0.368. The molecule has 4 unspecified atom stereocenters. The number of ether oxygens (including phenoxy) is 1. The second-order valence-electron chi connectivity index (χ2n) is 10.5. The normalized spacial score (nSPS) is 35.7. The summed E-state index contributed by atoms with van der Waals surface area (Å²) in [6, 6.07) is 9.58. The van der Waals surface area contributed by atoms with E-state index in [1.807, 2.05) is 0 Å². The van der Waals surface area contributed by atoms with Gasteiger partial charge in [-0.05, 0) is 78.3 Å². The number of hydrogen-bond acceptors (Lipinski definition) is 4. The van der Waals surface area contributed by atoms with Gasteiger partial charge in [0.1, 0.15) is 11.6 Å². The fourth-order valence-corrected chi connectivity index (χ4v) is 7.27. The van der Waals surface area contributed by atoms with Crippen LogP contribution in [0, 0.1) is 47.2 Å². The maximum atomic E-state index is 15.3. The lowest BCUT2D eigenvalue weighted by Crippen LogP contribution is -2.40. The van der Waals surface area contributed by atoms with Crippen LogP contribution in [0.5, 0.6) is 5.75 Å². The van der Waals surface area contributed by atoms with E-state index in [4.69, 9.17) is 16.3 Å². The first kappa shape index (κ1) is 21.3. The molecule has 1 saturated heterocycles. The zero-order valence-corrected chi connectivity index (χ0v) is 19.7. The highest BCUT2D eigenvalue weighted by molar-refractivity contribution is 6.32. The Morgan fingerprint density at radius 3 is 2.29 bits per heavy atom. The first-order valence-corrected chi connectivity index (χ1v) is 12.5. The molecule has 8 atom stereocenters. The number of methoxy groups -OCH3 is 1. The number of halogens is 2. The number of amides is 2. The number of Topliss-reactive ketones (excluding diaryl/α,β-unsaturated/α-hetero) is 1. The molecule has 0 N–H and O–H groups in total. The number of benzene rings is 2. The lowest BCUT2D eigenvalue weighted by molar-refractivity contribution is -0.124. The molecular formula is C28H23ClFNO4. The summed E-state index contributed by atoms with van der Waals surface area (Å²) in [5.74, 6) is -0.559. The van der Waals surface area contributed by atoms with Crippen LogP contribution in [0.3, 0.4) is 0 Å². The number of hydrogen-bond donors (Lipinski definition) is 0. The quantitative estimate of drug-likeness (QED) is 0.334. The number of carbonyl (C=O) groups excluding carboxylic acids is 3. The van der Waals surface area contributed by atoms with E-state index in [1.165, 1.54) is 19.2 Å². The minimum atomic E-state index is -0.598. The summed E-state index contributed by atoms with van der Waals surface area (Å²) in [6.45, 7) is 0. The summed E-state index contributed by atoms with van der Waals surface area (Å²) in [7, 11) is 1.51. The highest BCUT2D eigenvalue weighted by Crippen LogP contribution is 2.65. The van der Waals surface area contributed by atoms with Crippen LogP contribution in [0.2, 0.25) is 5.02 Å². The average Bonchev–Trinajstić information content (AvgIpc) is 3.77. The van der Waals surface area contributed by atoms with Crippen LogP contribution in [-0.2, 0) is 9.59 Å². The Balaban J connectivity index is 1.11. The van der Waals surface area contributed by atoms with E-state index in [9.17, 15) is 14.4 Å². The van der Waals surface area contributed by atoms with Gasteiger partial charge in [-0.15, -0.1) is 0 Å². The Morgan fingerprint density at radius 1 is 1.00 bits per heavy atom. The van der Waals surface area contributed by atoms with Gasteiger partial charge in [-0.25, -0.2) is 9.29 Å². The number of ketones is 1. The molecule has 4 fully saturated rings. The van der Waals surface area contributed by atoms with Gasteiger partial charge < -0.3 is 4.74 Å². The predicted molar refractivity (Wildman–Crippen MR) is 127 cm³/mol. The van der Waals surface area contributed by atoms with Crippen molar-refractivity contribution >= 4 is 34.9 Å². The van der Waals surface area contributed by atoms with Crippen LogP contribution in [0.1, 0.15) is 34.7 Å². The minimum Gasteiger partial charge on any atom is -0.495 e. The highest BCUT2D eigenvalue weighted by atomic mass is 35.5. The Bertz CT molecular complexity index is 1320. The van der Waals surface area contributed by atoms with Crippen molar-refractivity contribution in [1.82, 2.24) is 0 Å². The second-order valence-corrected chi connectivity index (χ2v) is 10.9. The number of anilines is 1. The second kappa shape index (κ2) is 7.26. The molecule has 35 heavy (non-hydrogen) atoms. The van der Waals surface area contributed by atoms with Gasteiger partial charge in [0.25, 0.3) is 0 Å². The van der Waals surface area contributed by atoms with Crippen molar-refractivity contribution in [3.05, 3.63) is 70.5 Å². The monoisotopic (exact) mass is 491 g/mol. The van der Waals surface area contributed by atoms with Crippen LogP contribution in [-0.4, -0.2) is 24.7 Å². The first-order valence-electron chi connectivity index (χ1n) is 12.1. The van der Waals surface area contributed by atoms with Crippen molar-refractivity contribution in [3.63, 3.8) is 0 Å². The maximum Gasteiger partial charge on any atom is 0.238 e. The molecule has 1 aliphatic heterocycles. The summed E-state index contributed by atoms with van der Waals surface area (Å²) in [5.41, 5.74) is 1.22. The third-order valence-corrected chi connectivity index (χ3v) is 9.16. The molecule has 3 saturated carbocycles. The third kappa shape index (κ3) is 2.95. The van der Waals surface area contributed by atoms with Gasteiger partial charge in [-0.3, -0.25) is 14.4 Å². The van der Waals surface area contributed by atoms with Gasteiger partial charge >= 0.3 is 0 Å². The van der Waals surface area contributed by atoms with Crippen LogP contribution < -0.4 is 9.64 Å². The lowest BCUT2D eigenvalue weighted by atomic mass is 9.63. The predicted octanol–water partition coefficient (Wildman–Crippen LogP) is 5.03. The number of carbonyl (C=O) groups is 3. The fourth-order valence-electron chi connectivity index (χ4n) is 7.02. The van der Waals surface area contributed by atoms with Crippen molar-refractivity contribution in [2.75, 3.05) is 12.0 Å². The highest BCUT2D eigenvalue weighted by Gasteiger charge is 2.67. The standard InChI is InChI=1S/C28H23ClFNO4/c1-35-23-7-3-13(8-20(23)29)26(32)19-10-16(19)12-2-6-22(21(30)9-12)31-27(33)24-14-4-5-15(18-11-17(14)18)25(24)28(31)34/h2-9,14-19,24-25H,10-11H2,1H3/t14-,15?,16?,17?,18-,19?,24-,25+/m1/s1. The number of imide groups is 1. The summed E-state index contributed by atoms with van der Waals surface area (Å²) < 4.78 is 20.5. The van der Waals surface area contributed by atoms with Gasteiger partial charge in [-0.2, -0.15) is 0 Å². The van der Waals surface area contributed by atoms with Crippen molar-refractivity contribution in [1.29, 1.82) is 0 Å². The molecule has 2 amide bonds. The number of nitrogens with zero attached hydrogens (tertiary/aromatic N) is 1. The largest absolute Gasteiger partial charge is 0.495 e. The van der Waals surface area contributed by atoms with E-state index < -0.39 is 5.82 Å². The Hall–Kier alpha value is -2.99. The molecule has 2 aromatic rings. The SMILES string of the molecule is COc1ccc(C(=O)C2CC2c2ccc(N3C(=O)[C@@H]4[C@@H]5C=CC([C@H]6CC65)[C@@H]4C3=O)c(F)c2)cc1Cl. The molecule has 2 bridgehead atoms. The van der Waals surface area contributed by atoms with E-state index in [2.05, 4.69) is 12.2 Å². The molecule has 0 spiro atoms. The van der Waals surface area contributed by atoms with Crippen molar-refractivity contribution < 1.29 is 23.5 Å². The topological polar surface area (TPSA) is 63.7 Å². The van der Waals surface area contributed by atoms with Gasteiger partial charge in [0.05, 0.1) is 29.7 Å². The van der Waals surface area contributed by atoms with Crippen LogP contribution >= 0.6 is 11.6 Å². The first-order chi connectivity index (χ1) is 16.9. The minimum absolute atomic E-state index is 0.0247. The maximum absolute atomic E-state index is 15.3.